The van der Waals surface area contributed by atoms with E-state index in [-0.39, 0.29) is 36.0 Å². The van der Waals surface area contributed by atoms with Crippen molar-refractivity contribution in [3.8, 4) is 0 Å². The molecule has 0 spiro atoms. The molecule has 2 fully saturated rings. The lowest BCUT2D eigenvalue weighted by Gasteiger charge is -2.39. The van der Waals surface area contributed by atoms with Crippen LogP contribution in [-0.2, 0) is 35.2 Å². The zero-order valence-corrected chi connectivity index (χ0v) is 17.1. The van der Waals surface area contributed by atoms with Crippen LogP contribution in [0.4, 0.5) is 13.2 Å². The molecule has 166 valence electrons. The minimum absolute atomic E-state index is 0.00652. The highest BCUT2D eigenvalue weighted by Gasteiger charge is 2.40. The molecule has 3 aliphatic rings. The zero-order valence-electron chi connectivity index (χ0n) is 17.1. The third-order valence-electron chi connectivity index (χ3n) is 6.77. The molecular weight excluding hydrogens is 397 g/mol. The summed E-state index contributed by atoms with van der Waals surface area (Å²) in [6.07, 6.45) is 4.26. The predicted molar refractivity (Wildman–Crippen MR) is 104 cm³/mol. The van der Waals surface area contributed by atoms with Crippen molar-refractivity contribution in [1.29, 1.82) is 0 Å². The van der Waals surface area contributed by atoms with E-state index in [2.05, 4.69) is 15.7 Å². The number of fused-ring (bicyclic) bond motifs is 1. The number of aromatic nitrogens is 2. The van der Waals surface area contributed by atoms with Gasteiger partial charge in [-0.3, -0.25) is 14.3 Å². The fourth-order valence-corrected chi connectivity index (χ4v) is 5.34. The zero-order chi connectivity index (χ0) is 21.3. The number of halogens is 3. The first-order valence-corrected chi connectivity index (χ1v) is 11.1. The smallest absolute Gasteiger partial charge is 0.351 e. The molecule has 9 heteroatoms. The summed E-state index contributed by atoms with van der Waals surface area (Å²) < 4.78 is 41.4. The number of carbonyl (C=O) groups is 2. The van der Waals surface area contributed by atoms with E-state index in [1.807, 2.05) is 0 Å². The maximum absolute atomic E-state index is 13.4. The van der Waals surface area contributed by atoms with Crippen molar-refractivity contribution in [3.63, 3.8) is 0 Å². The van der Waals surface area contributed by atoms with Crippen LogP contribution < -0.4 is 10.6 Å². The minimum atomic E-state index is -4.51. The van der Waals surface area contributed by atoms with Gasteiger partial charge in [0, 0.05) is 23.7 Å². The number of alkyl halides is 3. The summed E-state index contributed by atoms with van der Waals surface area (Å²) in [5.41, 5.74) is -0.0777. The third-order valence-corrected chi connectivity index (χ3v) is 6.77. The molecule has 1 saturated heterocycles. The van der Waals surface area contributed by atoms with Gasteiger partial charge in [-0.2, -0.15) is 18.3 Å². The molecular formula is C21H29F3N4O2. The lowest BCUT2D eigenvalue weighted by Crippen LogP contribution is -2.59. The fraction of sp³-hybridized carbons (Fsp3) is 0.762. The first kappa shape index (κ1) is 21.2. The Morgan fingerprint density at radius 1 is 1.07 bits per heavy atom. The summed E-state index contributed by atoms with van der Waals surface area (Å²) in [4.78, 5) is 24.7. The quantitative estimate of drug-likeness (QED) is 0.777. The van der Waals surface area contributed by atoms with Crippen LogP contribution in [0.3, 0.4) is 0 Å². The molecule has 0 radical (unpaired) electrons. The van der Waals surface area contributed by atoms with E-state index < -0.39 is 11.9 Å². The maximum Gasteiger partial charge on any atom is 0.435 e. The van der Waals surface area contributed by atoms with Crippen molar-refractivity contribution in [2.45, 2.75) is 95.4 Å². The highest BCUT2D eigenvalue weighted by molar-refractivity contribution is 5.79. The number of amides is 2. The molecule has 4 rings (SSSR count). The second-order valence-electron chi connectivity index (χ2n) is 8.84. The first-order valence-electron chi connectivity index (χ1n) is 11.1. The van der Waals surface area contributed by atoms with E-state index in [1.54, 1.807) is 0 Å². The van der Waals surface area contributed by atoms with Crippen LogP contribution >= 0.6 is 0 Å². The van der Waals surface area contributed by atoms with E-state index in [9.17, 15) is 22.8 Å². The molecule has 1 aromatic heterocycles. The van der Waals surface area contributed by atoms with Crippen LogP contribution in [0.25, 0.3) is 0 Å². The van der Waals surface area contributed by atoms with Gasteiger partial charge in [0.2, 0.25) is 11.8 Å². The number of nitrogens with zero attached hydrogens (tertiary/aromatic N) is 2. The minimum Gasteiger partial charge on any atom is -0.351 e. The van der Waals surface area contributed by atoms with Gasteiger partial charge < -0.3 is 10.6 Å². The normalized spacial score (nSPS) is 25.5. The predicted octanol–water partition coefficient (Wildman–Crippen LogP) is 3.12. The van der Waals surface area contributed by atoms with Gasteiger partial charge in [0.15, 0.2) is 5.69 Å². The summed E-state index contributed by atoms with van der Waals surface area (Å²) in [5, 5.41) is 9.83. The molecule has 2 amide bonds. The molecule has 1 aromatic rings. The van der Waals surface area contributed by atoms with Crippen LogP contribution in [0.2, 0.25) is 0 Å². The third kappa shape index (κ3) is 4.49. The lowest BCUT2D eigenvalue weighted by molar-refractivity contribution is -0.142. The summed E-state index contributed by atoms with van der Waals surface area (Å²) in [7, 11) is 0. The molecule has 2 heterocycles. The van der Waals surface area contributed by atoms with Gasteiger partial charge in [0.25, 0.3) is 0 Å². The Bertz CT molecular complexity index is 799. The number of hydrogen-bond donors (Lipinski definition) is 2. The van der Waals surface area contributed by atoms with Gasteiger partial charge in [0.1, 0.15) is 6.54 Å². The van der Waals surface area contributed by atoms with Crippen molar-refractivity contribution in [2.75, 3.05) is 0 Å². The van der Waals surface area contributed by atoms with Crippen molar-refractivity contribution < 1.29 is 22.8 Å². The van der Waals surface area contributed by atoms with Crippen molar-refractivity contribution in [2.24, 2.45) is 5.92 Å². The summed E-state index contributed by atoms with van der Waals surface area (Å²) >= 11 is 0. The van der Waals surface area contributed by atoms with Gasteiger partial charge in [-0.05, 0) is 50.9 Å². The maximum atomic E-state index is 13.4. The van der Waals surface area contributed by atoms with Crippen molar-refractivity contribution >= 4 is 11.8 Å². The first-order chi connectivity index (χ1) is 14.3. The van der Waals surface area contributed by atoms with Crippen LogP contribution in [0.15, 0.2) is 0 Å². The van der Waals surface area contributed by atoms with Crippen LogP contribution in [-0.4, -0.2) is 33.7 Å². The van der Waals surface area contributed by atoms with Crippen LogP contribution in [0, 0.1) is 5.92 Å². The largest absolute Gasteiger partial charge is 0.435 e. The van der Waals surface area contributed by atoms with Crippen LogP contribution in [0.5, 0.6) is 0 Å². The molecule has 2 unspecified atom stereocenters. The van der Waals surface area contributed by atoms with E-state index in [1.165, 1.54) is 11.1 Å². The summed E-state index contributed by atoms with van der Waals surface area (Å²) in [6.45, 7) is -0.222. The van der Waals surface area contributed by atoms with Gasteiger partial charge in [-0.15, -0.1) is 0 Å². The average Bonchev–Trinajstić information content (AvgIpc) is 3.09. The van der Waals surface area contributed by atoms with E-state index in [4.69, 9.17) is 0 Å². The molecule has 0 bridgehead atoms. The SMILES string of the molecule is O=C(Cn1nc(C(F)(F)F)c2c1CCCC2)NC1CCC(=O)NC1C1CCCCC1. The highest BCUT2D eigenvalue weighted by atomic mass is 19.4. The Kier molecular flexibility index (Phi) is 6.06. The van der Waals surface area contributed by atoms with Crippen molar-refractivity contribution in [1.82, 2.24) is 20.4 Å². The molecule has 0 aromatic carbocycles. The monoisotopic (exact) mass is 426 g/mol. The van der Waals surface area contributed by atoms with Gasteiger partial charge >= 0.3 is 6.18 Å². The Hall–Kier alpha value is -2.06. The number of piperidine rings is 1. The van der Waals surface area contributed by atoms with Crippen molar-refractivity contribution in [3.05, 3.63) is 17.0 Å². The van der Waals surface area contributed by atoms with Gasteiger partial charge in [-0.25, -0.2) is 0 Å². The molecule has 2 N–H and O–H groups in total. The number of carbonyl (C=O) groups excluding carboxylic acids is 2. The standard InChI is InChI=1S/C21H29F3N4O2/c22-21(23,24)20-14-8-4-5-9-16(14)28(27-20)12-18(30)25-15-10-11-17(29)26-19(15)13-6-2-1-3-7-13/h13,15,19H,1-12H2,(H,25,30)(H,26,29). The van der Waals surface area contributed by atoms with E-state index in [0.717, 1.165) is 32.1 Å². The number of rotatable bonds is 4. The Labute approximate surface area is 174 Å². The fourth-order valence-electron chi connectivity index (χ4n) is 5.34. The second kappa shape index (κ2) is 8.59. The molecule has 30 heavy (non-hydrogen) atoms. The Morgan fingerprint density at radius 2 is 1.80 bits per heavy atom. The topological polar surface area (TPSA) is 76.0 Å². The summed E-state index contributed by atoms with van der Waals surface area (Å²) in [5.74, 6) is -0.00353. The summed E-state index contributed by atoms with van der Waals surface area (Å²) in [6, 6.07) is -0.292. The molecule has 6 nitrogen and oxygen atoms in total. The Balaban J connectivity index is 1.47. The van der Waals surface area contributed by atoms with E-state index in [0.29, 0.717) is 43.7 Å². The number of nitrogens with one attached hydrogen (secondary N) is 2. The van der Waals surface area contributed by atoms with E-state index >= 15 is 0 Å². The van der Waals surface area contributed by atoms with Gasteiger partial charge in [-0.1, -0.05) is 19.3 Å². The molecule has 2 atom stereocenters. The molecule has 2 aliphatic carbocycles. The molecule has 1 saturated carbocycles. The second-order valence-corrected chi connectivity index (χ2v) is 8.84. The Morgan fingerprint density at radius 3 is 2.53 bits per heavy atom. The van der Waals surface area contributed by atoms with Crippen LogP contribution in [0.1, 0.15) is 74.7 Å². The van der Waals surface area contributed by atoms with Gasteiger partial charge in [0.05, 0.1) is 6.04 Å². The number of hydrogen-bond acceptors (Lipinski definition) is 3. The highest BCUT2D eigenvalue weighted by Crippen LogP contribution is 2.36. The average molecular weight is 426 g/mol. The molecule has 1 aliphatic heterocycles. The lowest BCUT2D eigenvalue weighted by atomic mass is 9.78.